The van der Waals surface area contributed by atoms with Crippen molar-refractivity contribution in [3.05, 3.63) is 0 Å². The minimum Gasteiger partial charge on any atom is -0.316 e. The van der Waals surface area contributed by atoms with E-state index >= 15 is 0 Å². The van der Waals surface area contributed by atoms with Crippen molar-refractivity contribution >= 4 is 0 Å². The third-order valence-corrected chi connectivity index (χ3v) is 6.44. The number of hydrogen-bond donors (Lipinski definition) is 1. The van der Waals surface area contributed by atoms with Crippen LogP contribution in [0.15, 0.2) is 0 Å². The Kier molecular flexibility index (Phi) is 3.83. The lowest BCUT2D eigenvalue weighted by atomic mass is 9.43. The fourth-order valence-corrected chi connectivity index (χ4v) is 6.47. The molecule has 4 bridgehead atoms. The van der Waals surface area contributed by atoms with Crippen LogP contribution in [0.1, 0.15) is 64.7 Å². The maximum absolute atomic E-state index is 12.4. The molecule has 1 N–H and O–H groups in total. The molecular weight excluding hydrogens is 275 g/mol. The van der Waals surface area contributed by atoms with Gasteiger partial charge < -0.3 is 5.32 Å². The van der Waals surface area contributed by atoms with E-state index in [1.54, 1.807) is 0 Å². The van der Waals surface area contributed by atoms with Crippen LogP contribution in [0.3, 0.4) is 0 Å². The van der Waals surface area contributed by atoms with Crippen molar-refractivity contribution in [3.8, 4) is 0 Å². The maximum atomic E-state index is 12.4. The third kappa shape index (κ3) is 3.11. The Morgan fingerprint density at radius 3 is 2.24 bits per heavy atom. The van der Waals surface area contributed by atoms with Gasteiger partial charge in [0.2, 0.25) is 0 Å². The summed E-state index contributed by atoms with van der Waals surface area (Å²) in [6, 6.07) is 0.269. The molecule has 0 amide bonds. The molecule has 3 unspecified atom stereocenters. The summed E-state index contributed by atoms with van der Waals surface area (Å²) >= 11 is 0. The molecule has 4 aliphatic rings. The van der Waals surface area contributed by atoms with Gasteiger partial charge in [-0.1, -0.05) is 6.92 Å². The van der Waals surface area contributed by atoms with Crippen molar-refractivity contribution in [2.24, 2.45) is 22.7 Å². The second kappa shape index (κ2) is 5.14. The molecule has 0 aliphatic heterocycles. The van der Waals surface area contributed by atoms with Crippen molar-refractivity contribution in [2.45, 2.75) is 76.9 Å². The third-order valence-electron chi connectivity index (χ3n) is 6.44. The SMILES string of the molecule is CNC(CCCC(F)(F)F)C12CC3CC(CC(C)(C3)C1)C2. The first-order chi connectivity index (χ1) is 9.74. The van der Waals surface area contributed by atoms with Gasteiger partial charge in [0.05, 0.1) is 0 Å². The van der Waals surface area contributed by atoms with E-state index in [1.165, 1.54) is 38.5 Å². The number of nitrogens with one attached hydrogen (secondary N) is 1. The summed E-state index contributed by atoms with van der Waals surface area (Å²) in [5, 5.41) is 3.40. The fraction of sp³-hybridized carbons (Fsp3) is 1.00. The second-order valence-corrected chi connectivity index (χ2v) is 8.48. The Labute approximate surface area is 126 Å². The molecule has 3 atom stereocenters. The normalized spacial score (nSPS) is 43.3. The summed E-state index contributed by atoms with van der Waals surface area (Å²) in [6.07, 6.45) is 4.09. The molecule has 0 aromatic rings. The van der Waals surface area contributed by atoms with Gasteiger partial charge in [-0.05, 0) is 81.1 Å². The smallest absolute Gasteiger partial charge is 0.316 e. The van der Waals surface area contributed by atoms with Crippen molar-refractivity contribution < 1.29 is 13.2 Å². The van der Waals surface area contributed by atoms with E-state index in [9.17, 15) is 13.2 Å². The minimum atomic E-state index is -4.01. The Bertz CT molecular complexity index is 376. The molecule has 0 radical (unpaired) electrons. The van der Waals surface area contributed by atoms with Crippen LogP contribution < -0.4 is 5.32 Å². The number of rotatable bonds is 5. The van der Waals surface area contributed by atoms with Gasteiger partial charge in [-0.2, -0.15) is 13.2 Å². The molecule has 1 nitrogen and oxygen atoms in total. The largest absolute Gasteiger partial charge is 0.389 e. The lowest BCUT2D eigenvalue weighted by Crippen LogP contribution is -2.58. The fourth-order valence-electron chi connectivity index (χ4n) is 6.47. The molecule has 0 heterocycles. The van der Waals surface area contributed by atoms with Gasteiger partial charge in [0.15, 0.2) is 0 Å². The summed E-state index contributed by atoms with van der Waals surface area (Å²) in [5.74, 6) is 1.66. The Balaban J connectivity index is 1.68. The van der Waals surface area contributed by atoms with E-state index in [0.717, 1.165) is 11.8 Å². The van der Waals surface area contributed by atoms with Gasteiger partial charge in [-0.25, -0.2) is 0 Å². The molecular formula is C17H28F3N. The zero-order chi connectivity index (χ0) is 15.3. The van der Waals surface area contributed by atoms with E-state index in [4.69, 9.17) is 0 Å². The average Bonchev–Trinajstić information content (AvgIpc) is 2.29. The van der Waals surface area contributed by atoms with Gasteiger partial charge in [0, 0.05) is 12.5 Å². The minimum absolute atomic E-state index is 0.267. The van der Waals surface area contributed by atoms with Gasteiger partial charge in [0.25, 0.3) is 0 Å². The highest BCUT2D eigenvalue weighted by Gasteiger charge is 2.57. The maximum Gasteiger partial charge on any atom is 0.389 e. The predicted molar refractivity (Wildman–Crippen MR) is 78.0 cm³/mol. The first-order valence-corrected chi connectivity index (χ1v) is 8.48. The Morgan fingerprint density at radius 2 is 1.76 bits per heavy atom. The first-order valence-electron chi connectivity index (χ1n) is 8.48. The highest BCUT2D eigenvalue weighted by molar-refractivity contribution is 5.09. The van der Waals surface area contributed by atoms with E-state index in [-0.39, 0.29) is 17.9 Å². The molecule has 21 heavy (non-hydrogen) atoms. The Morgan fingerprint density at radius 1 is 1.14 bits per heavy atom. The monoisotopic (exact) mass is 303 g/mol. The number of hydrogen-bond acceptors (Lipinski definition) is 1. The van der Waals surface area contributed by atoms with Crippen LogP contribution in [0, 0.1) is 22.7 Å². The number of alkyl halides is 3. The lowest BCUT2D eigenvalue weighted by molar-refractivity contribution is -0.140. The molecule has 122 valence electrons. The van der Waals surface area contributed by atoms with Crippen LogP contribution in [-0.2, 0) is 0 Å². The van der Waals surface area contributed by atoms with Crippen molar-refractivity contribution in [2.75, 3.05) is 7.05 Å². The molecule has 0 aromatic carbocycles. The lowest BCUT2D eigenvalue weighted by Gasteiger charge is -2.63. The Hall–Kier alpha value is -0.250. The predicted octanol–water partition coefficient (Wildman–Crippen LogP) is 4.91. The molecule has 4 rings (SSSR count). The molecule has 0 aromatic heterocycles. The van der Waals surface area contributed by atoms with E-state index in [0.29, 0.717) is 11.8 Å². The van der Waals surface area contributed by atoms with Gasteiger partial charge in [-0.3, -0.25) is 0 Å². The molecule has 4 saturated carbocycles. The average molecular weight is 303 g/mol. The van der Waals surface area contributed by atoms with E-state index in [1.807, 2.05) is 7.05 Å². The van der Waals surface area contributed by atoms with Crippen molar-refractivity contribution in [3.63, 3.8) is 0 Å². The highest BCUT2D eigenvalue weighted by Crippen LogP contribution is 2.66. The van der Waals surface area contributed by atoms with Crippen molar-refractivity contribution in [1.82, 2.24) is 5.32 Å². The zero-order valence-corrected chi connectivity index (χ0v) is 13.2. The molecule has 4 fully saturated rings. The van der Waals surface area contributed by atoms with Crippen LogP contribution in [0.4, 0.5) is 13.2 Å². The molecule has 0 saturated heterocycles. The summed E-state index contributed by atoms with van der Waals surface area (Å²) in [6.45, 7) is 2.42. The quantitative estimate of drug-likeness (QED) is 0.760. The number of halogens is 3. The highest BCUT2D eigenvalue weighted by atomic mass is 19.4. The molecule has 4 heteroatoms. The van der Waals surface area contributed by atoms with E-state index < -0.39 is 12.6 Å². The summed E-state index contributed by atoms with van der Waals surface area (Å²) in [7, 11) is 1.94. The van der Waals surface area contributed by atoms with Crippen LogP contribution in [0.25, 0.3) is 0 Å². The molecule has 0 spiro atoms. The second-order valence-electron chi connectivity index (χ2n) is 8.48. The van der Waals surface area contributed by atoms with Gasteiger partial charge >= 0.3 is 6.18 Å². The summed E-state index contributed by atoms with van der Waals surface area (Å²) in [4.78, 5) is 0. The van der Waals surface area contributed by atoms with Crippen molar-refractivity contribution in [1.29, 1.82) is 0 Å². The zero-order valence-electron chi connectivity index (χ0n) is 13.2. The first kappa shape index (κ1) is 15.6. The van der Waals surface area contributed by atoms with Crippen LogP contribution in [-0.4, -0.2) is 19.3 Å². The van der Waals surface area contributed by atoms with Gasteiger partial charge in [0.1, 0.15) is 0 Å². The summed E-state index contributed by atoms with van der Waals surface area (Å²) in [5.41, 5.74) is 0.738. The molecule has 4 aliphatic carbocycles. The van der Waals surface area contributed by atoms with Crippen LogP contribution in [0.2, 0.25) is 0 Å². The van der Waals surface area contributed by atoms with E-state index in [2.05, 4.69) is 12.2 Å². The topological polar surface area (TPSA) is 12.0 Å². The van der Waals surface area contributed by atoms with Crippen LogP contribution in [0.5, 0.6) is 0 Å². The van der Waals surface area contributed by atoms with Gasteiger partial charge in [-0.15, -0.1) is 0 Å². The van der Waals surface area contributed by atoms with Crippen LogP contribution >= 0.6 is 0 Å². The standard InChI is InChI=1S/C17H28F3N/c1-15-7-12-6-13(8-15)10-16(9-12,11-15)14(21-2)4-3-5-17(18,19)20/h12-14,21H,3-11H2,1-2H3. The summed E-state index contributed by atoms with van der Waals surface area (Å²) < 4.78 is 37.2.